The summed E-state index contributed by atoms with van der Waals surface area (Å²) in [5.74, 6) is -0.468. The normalized spacial score (nSPS) is 9.75. The van der Waals surface area contributed by atoms with Crippen LogP contribution in [0.5, 0.6) is 5.75 Å². The number of hydrogen-bond donors (Lipinski definition) is 1. The molecule has 0 aliphatic heterocycles. The molecule has 66 valence electrons. The Hall–Kier alpha value is -1.72. The van der Waals surface area contributed by atoms with Gasteiger partial charge in [-0.05, 0) is 16.6 Å². The Bertz CT molecular complexity index is 294. The summed E-state index contributed by atoms with van der Waals surface area (Å²) < 4.78 is 0.926. The molecule has 0 atom stereocenters. The Kier molecular flexibility index (Phi) is 2.18. The van der Waals surface area contributed by atoms with Crippen molar-refractivity contribution in [3.63, 3.8) is 0 Å². The molecule has 0 saturated carbocycles. The van der Waals surface area contributed by atoms with Crippen molar-refractivity contribution in [3.8, 4) is 5.75 Å². The summed E-state index contributed by atoms with van der Waals surface area (Å²) in [6.07, 6.45) is 1.14. The first-order valence-electron chi connectivity index (χ1n) is 3.34. The zero-order valence-corrected chi connectivity index (χ0v) is 6.43. The molecule has 1 aromatic rings. The van der Waals surface area contributed by atoms with Crippen LogP contribution in [0, 0.1) is 10.1 Å². The molecule has 12 heavy (non-hydrogen) atoms. The summed E-state index contributed by atoms with van der Waals surface area (Å²) >= 11 is 0. The third kappa shape index (κ3) is 1.47. The maximum absolute atomic E-state index is 10.3. The maximum Gasteiger partial charge on any atom is 0.365 e. The third-order valence-electron chi connectivity index (χ3n) is 1.21. The van der Waals surface area contributed by atoms with Gasteiger partial charge in [0.25, 0.3) is 0 Å². The fourth-order valence-electron chi connectivity index (χ4n) is 0.795. The van der Waals surface area contributed by atoms with Gasteiger partial charge in [-0.15, -0.1) is 0 Å². The summed E-state index contributed by atoms with van der Waals surface area (Å²) in [6.45, 7) is 2.00. The molecule has 0 aliphatic carbocycles. The van der Waals surface area contributed by atoms with Crippen LogP contribution >= 0.6 is 0 Å². The van der Waals surface area contributed by atoms with E-state index in [1.807, 2.05) is 0 Å². The second-order valence-corrected chi connectivity index (χ2v) is 2.06. The second-order valence-electron chi connectivity index (χ2n) is 2.06. The van der Waals surface area contributed by atoms with Crippen LogP contribution in [0.3, 0.4) is 0 Å². The van der Waals surface area contributed by atoms with Crippen LogP contribution in [-0.2, 0) is 0 Å². The molecule has 0 spiro atoms. The Balaban J connectivity index is 2.99. The summed E-state index contributed by atoms with van der Waals surface area (Å²) in [5, 5.41) is 19.2. The summed E-state index contributed by atoms with van der Waals surface area (Å²) in [7, 11) is 0. The van der Waals surface area contributed by atoms with Gasteiger partial charge in [0.15, 0.2) is 11.9 Å². The smallest absolute Gasteiger partial charge is 0.365 e. The van der Waals surface area contributed by atoms with Gasteiger partial charge in [0.2, 0.25) is 0 Å². The molecule has 0 amide bonds. The van der Waals surface area contributed by atoms with E-state index in [1.54, 1.807) is 6.92 Å². The Morgan fingerprint density at radius 2 is 2.50 bits per heavy atom. The van der Waals surface area contributed by atoms with Gasteiger partial charge in [-0.1, -0.05) is 0 Å². The number of nitrogens with zero attached hydrogens (tertiary/aromatic N) is 2. The number of aromatic nitrogens is 1. The topological polar surface area (TPSA) is 77.5 Å². The molecule has 1 heterocycles. The van der Waals surface area contributed by atoms with Crippen molar-refractivity contribution in [2.24, 2.45) is 0 Å². The predicted octanol–water partition coefficient (Wildman–Crippen LogP) is 0.550. The molecule has 0 aliphatic rings. The van der Waals surface area contributed by atoms with Crippen LogP contribution in [0.15, 0.2) is 12.3 Å². The fourth-order valence-corrected chi connectivity index (χ4v) is 0.795. The van der Waals surface area contributed by atoms with Crippen molar-refractivity contribution in [2.75, 3.05) is 6.61 Å². The molecule has 0 unspecified atom stereocenters. The Morgan fingerprint density at radius 3 is 3.00 bits per heavy atom. The molecule has 1 aromatic heterocycles. The van der Waals surface area contributed by atoms with E-state index in [0.29, 0.717) is 6.61 Å². The zero-order chi connectivity index (χ0) is 9.14. The first-order valence-corrected chi connectivity index (χ1v) is 3.34. The van der Waals surface area contributed by atoms with E-state index >= 15 is 0 Å². The van der Waals surface area contributed by atoms with Crippen molar-refractivity contribution in [2.45, 2.75) is 6.92 Å². The predicted molar refractivity (Wildman–Crippen MR) is 39.9 cm³/mol. The first kappa shape index (κ1) is 8.38. The van der Waals surface area contributed by atoms with Gasteiger partial charge in [0.05, 0.1) is 6.07 Å². The Labute approximate surface area is 68.1 Å². The molecule has 0 saturated heterocycles. The highest BCUT2D eigenvalue weighted by atomic mass is 16.7. The molecule has 1 rings (SSSR count). The minimum Gasteiger partial charge on any atom is -0.504 e. The average molecular weight is 172 g/mol. The maximum atomic E-state index is 10.3. The summed E-state index contributed by atoms with van der Waals surface area (Å²) in [5.41, 5.74) is 0. The molecule has 6 nitrogen and oxygen atoms in total. The van der Waals surface area contributed by atoms with E-state index in [-0.39, 0.29) is 11.6 Å². The average Bonchev–Trinajstić information content (AvgIpc) is 2.32. The lowest BCUT2D eigenvalue weighted by molar-refractivity contribution is -0.396. The second kappa shape index (κ2) is 3.12. The van der Waals surface area contributed by atoms with Crippen LogP contribution in [0.4, 0.5) is 5.82 Å². The number of rotatable bonds is 3. The molecular weight excluding hydrogens is 164 g/mol. The molecule has 1 N–H and O–H groups in total. The fraction of sp³-hybridized carbons (Fsp3) is 0.333. The van der Waals surface area contributed by atoms with Crippen molar-refractivity contribution < 1.29 is 14.9 Å². The first-order chi connectivity index (χ1) is 5.65. The van der Waals surface area contributed by atoms with Crippen molar-refractivity contribution in [1.82, 2.24) is 4.73 Å². The molecule has 6 heteroatoms. The monoisotopic (exact) mass is 172 g/mol. The van der Waals surface area contributed by atoms with Crippen LogP contribution in [0.2, 0.25) is 0 Å². The highest BCUT2D eigenvalue weighted by molar-refractivity contribution is 5.31. The van der Waals surface area contributed by atoms with Gasteiger partial charge in [-0.3, -0.25) is 0 Å². The van der Waals surface area contributed by atoms with Crippen LogP contribution in [0.1, 0.15) is 6.92 Å². The van der Waals surface area contributed by atoms with E-state index in [4.69, 9.17) is 9.94 Å². The van der Waals surface area contributed by atoms with Gasteiger partial charge in [-0.25, -0.2) is 0 Å². The zero-order valence-electron chi connectivity index (χ0n) is 6.43. The lowest BCUT2D eigenvalue weighted by Gasteiger charge is -1.98. The van der Waals surface area contributed by atoms with Crippen LogP contribution in [-0.4, -0.2) is 21.4 Å². The molecule has 0 aromatic carbocycles. The van der Waals surface area contributed by atoms with Crippen LogP contribution < -0.4 is 4.84 Å². The van der Waals surface area contributed by atoms with E-state index < -0.39 is 4.92 Å². The number of hydrogen-bond acceptors (Lipinski definition) is 4. The quantitative estimate of drug-likeness (QED) is 0.533. The number of nitro groups is 1. The SMILES string of the molecule is CCOn1cc(O)cc1[N+](=O)[O-]. The van der Waals surface area contributed by atoms with Gasteiger partial charge in [-0.2, -0.15) is 0 Å². The largest absolute Gasteiger partial charge is 0.504 e. The minimum absolute atomic E-state index is 0.185. The summed E-state index contributed by atoms with van der Waals surface area (Å²) in [4.78, 5) is 14.5. The molecule has 0 bridgehead atoms. The van der Waals surface area contributed by atoms with Crippen molar-refractivity contribution in [1.29, 1.82) is 0 Å². The van der Waals surface area contributed by atoms with E-state index in [1.165, 1.54) is 0 Å². The van der Waals surface area contributed by atoms with Gasteiger partial charge < -0.3 is 20.1 Å². The minimum atomic E-state index is -0.630. The molecule has 0 radical (unpaired) electrons. The van der Waals surface area contributed by atoms with Crippen molar-refractivity contribution in [3.05, 3.63) is 22.4 Å². The lowest BCUT2D eigenvalue weighted by atomic mass is 10.6. The van der Waals surface area contributed by atoms with Gasteiger partial charge >= 0.3 is 5.82 Å². The van der Waals surface area contributed by atoms with E-state index in [9.17, 15) is 10.1 Å². The number of aromatic hydroxyl groups is 1. The van der Waals surface area contributed by atoms with Gasteiger partial charge in [0, 0.05) is 0 Å². The van der Waals surface area contributed by atoms with E-state index in [2.05, 4.69) is 0 Å². The van der Waals surface area contributed by atoms with Crippen molar-refractivity contribution >= 4 is 5.82 Å². The van der Waals surface area contributed by atoms with Crippen LogP contribution in [0.25, 0.3) is 0 Å². The third-order valence-corrected chi connectivity index (χ3v) is 1.21. The molecular formula is C6H8N2O4. The highest BCUT2D eigenvalue weighted by Gasteiger charge is 2.16. The Morgan fingerprint density at radius 1 is 1.83 bits per heavy atom. The lowest BCUT2D eigenvalue weighted by Crippen LogP contribution is -2.11. The van der Waals surface area contributed by atoms with E-state index in [0.717, 1.165) is 17.0 Å². The summed E-state index contributed by atoms with van der Waals surface area (Å²) in [6, 6.07) is 1.02. The highest BCUT2D eigenvalue weighted by Crippen LogP contribution is 2.19. The van der Waals surface area contributed by atoms with Gasteiger partial charge in [0.1, 0.15) is 6.61 Å². The standard InChI is InChI=1S/C6H8N2O4/c1-2-12-7-4-5(9)3-6(7)8(10)11/h3-4,9H,2H2,1H3. The molecule has 0 fully saturated rings.